The molecule has 0 aliphatic heterocycles. The van der Waals surface area contributed by atoms with Crippen molar-refractivity contribution < 1.29 is 19.0 Å². The third-order valence-electron chi connectivity index (χ3n) is 5.82. The van der Waals surface area contributed by atoms with Gasteiger partial charge in [0.25, 0.3) is 0 Å². The Bertz CT molecular complexity index is 1100. The molecule has 4 heteroatoms. The minimum Gasteiger partial charge on any atom is -0.492 e. The van der Waals surface area contributed by atoms with E-state index in [9.17, 15) is 4.79 Å². The van der Waals surface area contributed by atoms with Crippen LogP contribution in [-0.2, 0) is 28.8 Å². The van der Waals surface area contributed by atoms with E-state index < -0.39 is 0 Å². The van der Waals surface area contributed by atoms with Crippen molar-refractivity contribution in [2.24, 2.45) is 0 Å². The quantitative estimate of drug-likeness (QED) is 0.243. The number of ether oxygens (including phenoxy) is 3. The van der Waals surface area contributed by atoms with Gasteiger partial charge in [-0.1, -0.05) is 61.2 Å². The molecule has 0 fully saturated rings. The van der Waals surface area contributed by atoms with Crippen molar-refractivity contribution in [1.82, 2.24) is 0 Å². The Labute approximate surface area is 189 Å². The lowest BCUT2D eigenvalue weighted by molar-refractivity contribution is -0.139. The molecule has 4 rings (SSSR count). The second-order valence-electron chi connectivity index (χ2n) is 8.22. The van der Waals surface area contributed by atoms with E-state index in [4.69, 9.17) is 14.2 Å². The highest BCUT2D eigenvalue weighted by Crippen LogP contribution is 2.44. The molecule has 0 radical (unpaired) electrons. The largest absolute Gasteiger partial charge is 0.492 e. The van der Waals surface area contributed by atoms with Crippen molar-refractivity contribution in [1.29, 1.82) is 0 Å². The Morgan fingerprint density at radius 3 is 1.97 bits per heavy atom. The molecule has 0 saturated heterocycles. The smallest absolute Gasteiger partial charge is 0.333 e. The SMILES string of the molecule is C=C(C)C(=O)OCCOc1c2c(c(OCCc3ccccc3)c3ccccc13)CCCC2. The molecular weight excluding hydrogens is 400 g/mol. The normalized spacial score (nSPS) is 12.8. The highest BCUT2D eigenvalue weighted by molar-refractivity contribution is 5.96. The number of carbonyl (C=O) groups is 1. The summed E-state index contributed by atoms with van der Waals surface area (Å²) in [6, 6.07) is 18.7. The van der Waals surface area contributed by atoms with Gasteiger partial charge in [0.2, 0.25) is 0 Å². The van der Waals surface area contributed by atoms with E-state index in [-0.39, 0.29) is 12.6 Å². The molecule has 0 unspecified atom stereocenters. The van der Waals surface area contributed by atoms with Crippen molar-refractivity contribution in [2.75, 3.05) is 19.8 Å². The van der Waals surface area contributed by atoms with Gasteiger partial charge in [-0.2, -0.15) is 0 Å². The first-order valence-electron chi connectivity index (χ1n) is 11.3. The molecule has 0 heterocycles. The Kier molecular flexibility index (Phi) is 7.10. The monoisotopic (exact) mass is 430 g/mol. The van der Waals surface area contributed by atoms with Crippen LogP contribution >= 0.6 is 0 Å². The third-order valence-corrected chi connectivity index (χ3v) is 5.82. The van der Waals surface area contributed by atoms with E-state index in [1.54, 1.807) is 6.92 Å². The van der Waals surface area contributed by atoms with Gasteiger partial charge >= 0.3 is 5.97 Å². The van der Waals surface area contributed by atoms with Crippen LogP contribution in [0, 0.1) is 0 Å². The molecule has 1 aliphatic rings. The van der Waals surface area contributed by atoms with Crippen LogP contribution in [0.25, 0.3) is 10.8 Å². The van der Waals surface area contributed by atoms with Gasteiger partial charge in [-0.3, -0.25) is 0 Å². The van der Waals surface area contributed by atoms with E-state index in [0.29, 0.717) is 18.8 Å². The molecule has 0 spiro atoms. The minimum atomic E-state index is -0.386. The molecule has 1 aliphatic carbocycles. The summed E-state index contributed by atoms with van der Waals surface area (Å²) in [7, 11) is 0. The van der Waals surface area contributed by atoms with Crippen LogP contribution in [0.3, 0.4) is 0 Å². The Balaban J connectivity index is 1.58. The molecule has 0 saturated carbocycles. The van der Waals surface area contributed by atoms with Crippen molar-refractivity contribution in [3.63, 3.8) is 0 Å². The zero-order valence-corrected chi connectivity index (χ0v) is 18.7. The summed E-state index contributed by atoms with van der Waals surface area (Å²) < 4.78 is 17.9. The maximum absolute atomic E-state index is 11.7. The summed E-state index contributed by atoms with van der Waals surface area (Å²) in [6.07, 6.45) is 5.11. The fraction of sp³-hybridized carbons (Fsp3) is 0.321. The lowest BCUT2D eigenvalue weighted by atomic mass is 9.87. The van der Waals surface area contributed by atoms with Gasteiger partial charge in [-0.25, -0.2) is 4.79 Å². The zero-order valence-electron chi connectivity index (χ0n) is 18.7. The molecule has 0 N–H and O–H groups in total. The van der Waals surface area contributed by atoms with Crippen molar-refractivity contribution in [2.45, 2.75) is 39.0 Å². The van der Waals surface area contributed by atoms with Gasteiger partial charge in [-0.15, -0.1) is 0 Å². The number of hydrogen-bond donors (Lipinski definition) is 0. The Morgan fingerprint density at radius 1 is 0.812 bits per heavy atom. The molecule has 32 heavy (non-hydrogen) atoms. The summed E-state index contributed by atoms with van der Waals surface area (Å²) in [6.45, 7) is 6.40. The first-order chi connectivity index (χ1) is 15.6. The van der Waals surface area contributed by atoms with Crippen LogP contribution in [0.5, 0.6) is 11.5 Å². The molecular formula is C28H30O4. The lowest BCUT2D eigenvalue weighted by Crippen LogP contribution is -2.15. The summed E-state index contributed by atoms with van der Waals surface area (Å²) in [5.74, 6) is 1.51. The van der Waals surface area contributed by atoms with Crippen LogP contribution in [-0.4, -0.2) is 25.8 Å². The van der Waals surface area contributed by atoms with Gasteiger partial charge < -0.3 is 14.2 Å². The van der Waals surface area contributed by atoms with E-state index in [2.05, 4.69) is 43.0 Å². The van der Waals surface area contributed by atoms with Crippen LogP contribution in [0.15, 0.2) is 66.7 Å². The molecule has 0 amide bonds. The average molecular weight is 431 g/mol. The third kappa shape index (κ3) is 4.96. The lowest BCUT2D eigenvalue weighted by Gasteiger charge is -2.25. The second-order valence-corrected chi connectivity index (χ2v) is 8.22. The molecule has 3 aromatic rings. The second kappa shape index (κ2) is 10.4. The molecule has 4 nitrogen and oxygen atoms in total. The van der Waals surface area contributed by atoms with Crippen molar-refractivity contribution in [3.05, 3.63) is 83.4 Å². The van der Waals surface area contributed by atoms with E-state index in [1.165, 1.54) is 16.7 Å². The Hall–Kier alpha value is -3.27. The summed E-state index contributed by atoms with van der Waals surface area (Å²) >= 11 is 0. The van der Waals surface area contributed by atoms with Gasteiger partial charge in [0, 0.05) is 33.9 Å². The predicted octanol–water partition coefficient (Wildman–Crippen LogP) is 5.84. The Morgan fingerprint density at radius 2 is 1.38 bits per heavy atom. The van der Waals surface area contributed by atoms with Gasteiger partial charge in [-0.05, 0) is 38.2 Å². The molecule has 3 aromatic carbocycles. The highest BCUT2D eigenvalue weighted by atomic mass is 16.6. The fourth-order valence-electron chi connectivity index (χ4n) is 4.26. The topological polar surface area (TPSA) is 44.8 Å². The zero-order chi connectivity index (χ0) is 22.3. The molecule has 0 atom stereocenters. The molecule has 0 bridgehead atoms. The standard InChI is InChI=1S/C28H30O4/c1-20(2)28(29)32-19-18-31-27-24-14-8-6-12-22(24)26(23-13-7-9-15-25(23)27)30-17-16-21-10-4-3-5-11-21/h3-6,8,10-12,14H,1,7,9,13,15-19H2,2H3. The van der Waals surface area contributed by atoms with Crippen molar-refractivity contribution >= 4 is 16.7 Å². The number of carbonyl (C=O) groups excluding carboxylic acids is 1. The fourth-order valence-corrected chi connectivity index (χ4v) is 4.26. The van der Waals surface area contributed by atoms with E-state index in [0.717, 1.165) is 54.4 Å². The number of hydrogen-bond acceptors (Lipinski definition) is 4. The highest BCUT2D eigenvalue weighted by Gasteiger charge is 2.23. The van der Waals surface area contributed by atoms with E-state index in [1.807, 2.05) is 18.2 Å². The number of fused-ring (bicyclic) bond motifs is 2. The summed E-state index contributed by atoms with van der Waals surface area (Å²) in [5.41, 5.74) is 4.16. The van der Waals surface area contributed by atoms with Crippen molar-refractivity contribution in [3.8, 4) is 11.5 Å². The minimum absolute atomic E-state index is 0.199. The van der Waals surface area contributed by atoms with Crippen LogP contribution in [0.4, 0.5) is 0 Å². The maximum Gasteiger partial charge on any atom is 0.333 e. The maximum atomic E-state index is 11.7. The van der Waals surface area contributed by atoms with Gasteiger partial charge in [0.05, 0.1) is 6.61 Å². The number of rotatable bonds is 9. The van der Waals surface area contributed by atoms with Crippen LogP contribution < -0.4 is 9.47 Å². The first-order valence-corrected chi connectivity index (χ1v) is 11.3. The molecule has 0 aromatic heterocycles. The first kappa shape index (κ1) is 21.9. The number of benzene rings is 3. The van der Waals surface area contributed by atoms with Gasteiger partial charge in [0.1, 0.15) is 24.7 Å². The molecule has 166 valence electrons. The predicted molar refractivity (Wildman–Crippen MR) is 127 cm³/mol. The summed E-state index contributed by atoms with van der Waals surface area (Å²) in [5, 5.41) is 2.13. The van der Waals surface area contributed by atoms with Crippen LogP contribution in [0.1, 0.15) is 36.5 Å². The van der Waals surface area contributed by atoms with Gasteiger partial charge in [0.15, 0.2) is 0 Å². The van der Waals surface area contributed by atoms with E-state index >= 15 is 0 Å². The number of esters is 1. The summed E-state index contributed by atoms with van der Waals surface area (Å²) in [4.78, 5) is 11.7. The average Bonchev–Trinajstić information content (AvgIpc) is 2.83. The van der Waals surface area contributed by atoms with Crippen LogP contribution in [0.2, 0.25) is 0 Å².